The molecule has 0 bridgehead atoms. The monoisotopic (exact) mass is 431 g/mol. The van der Waals surface area contributed by atoms with Crippen LogP contribution in [-0.2, 0) is 13.2 Å². The van der Waals surface area contributed by atoms with Gasteiger partial charge in [0.2, 0.25) is 5.95 Å². The molecule has 144 valence electrons. The van der Waals surface area contributed by atoms with Gasteiger partial charge in [-0.25, -0.2) is 4.98 Å². The molecule has 0 aliphatic heterocycles. The topological polar surface area (TPSA) is 70.3 Å². The average Bonchev–Trinajstić information content (AvgIpc) is 2.98. The normalized spacial score (nSPS) is 11.4. The first kappa shape index (κ1) is 19.7. The lowest BCUT2D eigenvalue weighted by Crippen LogP contribution is -2.10. The molecule has 3 N–H and O–H groups in total. The van der Waals surface area contributed by atoms with Gasteiger partial charge in [-0.3, -0.25) is 0 Å². The fraction of sp³-hybridized carbons (Fsp3) is 0.381. The van der Waals surface area contributed by atoms with E-state index in [0.717, 1.165) is 52.0 Å². The van der Waals surface area contributed by atoms with Gasteiger partial charge in [-0.1, -0.05) is 35.8 Å². The number of benzene rings is 2. The van der Waals surface area contributed by atoms with Crippen LogP contribution in [0.15, 0.2) is 40.9 Å². The van der Waals surface area contributed by atoms with Crippen molar-refractivity contribution in [2.45, 2.75) is 39.8 Å². The maximum Gasteiger partial charge on any atom is 0.204 e. The van der Waals surface area contributed by atoms with Crippen LogP contribution in [0.2, 0.25) is 0 Å². The second kappa shape index (κ2) is 8.76. The standard InChI is InChI=1S/C21H26BrN3O2/c1-14(2)4-3-9-23-21-24-18-7-5-15(13-26)10-19(18)25(21)12-16-11-17(22)6-8-20(16)27/h5-8,10-11,14,26-27H,3-4,9,12-13H2,1-2H3,(H,23,24). The van der Waals surface area contributed by atoms with Crippen LogP contribution in [0.25, 0.3) is 11.0 Å². The lowest BCUT2D eigenvalue weighted by Gasteiger charge is -2.13. The number of hydrogen-bond acceptors (Lipinski definition) is 4. The first-order valence-corrected chi connectivity index (χ1v) is 10.1. The third-order valence-electron chi connectivity index (χ3n) is 4.61. The lowest BCUT2D eigenvalue weighted by molar-refractivity contribution is 0.282. The fourth-order valence-electron chi connectivity index (χ4n) is 3.12. The number of phenols is 1. The highest BCUT2D eigenvalue weighted by molar-refractivity contribution is 9.10. The van der Waals surface area contributed by atoms with E-state index in [1.54, 1.807) is 6.07 Å². The highest BCUT2D eigenvalue weighted by Crippen LogP contribution is 2.27. The van der Waals surface area contributed by atoms with Gasteiger partial charge < -0.3 is 20.1 Å². The molecular formula is C21H26BrN3O2. The largest absolute Gasteiger partial charge is 0.508 e. The first-order valence-electron chi connectivity index (χ1n) is 9.29. The van der Waals surface area contributed by atoms with Gasteiger partial charge >= 0.3 is 0 Å². The SMILES string of the molecule is CC(C)CCCNc1nc2ccc(CO)cc2n1Cc1cc(Br)ccc1O. The Morgan fingerprint density at radius 1 is 1.19 bits per heavy atom. The number of hydrogen-bond donors (Lipinski definition) is 3. The molecule has 27 heavy (non-hydrogen) atoms. The highest BCUT2D eigenvalue weighted by atomic mass is 79.9. The summed E-state index contributed by atoms with van der Waals surface area (Å²) in [5.74, 6) is 1.71. The van der Waals surface area contributed by atoms with E-state index in [4.69, 9.17) is 4.98 Å². The molecule has 1 heterocycles. The van der Waals surface area contributed by atoms with Crippen molar-refractivity contribution in [3.63, 3.8) is 0 Å². The molecule has 6 heteroatoms. The average molecular weight is 432 g/mol. The minimum absolute atomic E-state index is 0.0135. The molecule has 0 spiro atoms. The van der Waals surface area contributed by atoms with Gasteiger partial charge in [-0.15, -0.1) is 0 Å². The van der Waals surface area contributed by atoms with Crippen LogP contribution >= 0.6 is 15.9 Å². The van der Waals surface area contributed by atoms with Crippen LogP contribution in [0, 0.1) is 5.92 Å². The van der Waals surface area contributed by atoms with Gasteiger partial charge in [0, 0.05) is 16.6 Å². The number of anilines is 1. The molecule has 0 saturated heterocycles. The zero-order valence-electron chi connectivity index (χ0n) is 15.7. The second-order valence-corrected chi connectivity index (χ2v) is 8.15. The van der Waals surface area contributed by atoms with Crippen LogP contribution in [0.3, 0.4) is 0 Å². The van der Waals surface area contributed by atoms with Crippen molar-refractivity contribution in [3.8, 4) is 5.75 Å². The zero-order valence-corrected chi connectivity index (χ0v) is 17.3. The number of nitrogens with zero attached hydrogens (tertiary/aromatic N) is 2. The second-order valence-electron chi connectivity index (χ2n) is 7.24. The van der Waals surface area contributed by atoms with E-state index in [-0.39, 0.29) is 12.4 Å². The predicted molar refractivity (Wildman–Crippen MR) is 113 cm³/mol. The van der Waals surface area contributed by atoms with Crippen LogP contribution in [0.4, 0.5) is 5.95 Å². The van der Waals surface area contributed by atoms with Crippen molar-refractivity contribution in [1.29, 1.82) is 0 Å². The number of rotatable bonds is 8. The first-order chi connectivity index (χ1) is 13.0. The molecule has 0 radical (unpaired) electrons. The van der Waals surface area contributed by atoms with Crippen molar-refractivity contribution in [1.82, 2.24) is 9.55 Å². The Kier molecular flexibility index (Phi) is 6.39. The van der Waals surface area contributed by atoms with Gasteiger partial charge in [0.05, 0.1) is 24.2 Å². The van der Waals surface area contributed by atoms with Gasteiger partial charge in [0.1, 0.15) is 5.75 Å². The van der Waals surface area contributed by atoms with Crippen LogP contribution < -0.4 is 5.32 Å². The zero-order chi connectivity index (χ0) is 19.4. The minimum atomic E-state index is -0.0135. The van der Waals surface area contributed by atoms with Gasteiger partial charge in [0.15, 0.2) is 0 Å². The molecule has 0 amide bonds. The van der Waals surface area contributed by atoms with Gasteiger partial charge in [0.25, 0.3) is 0 Å². The van der Waals surface area contributed by atoms with E-state index < -0.39 is 0 Å². The maximum absolute atomic E-state index is 10.3. The Labute approximate surface area is 168 Å². The molecule has 0 aliphatic carbocycles. The summed E-state index contributed by atoms with van der Waals surface area (Å²) in [4.78, 5) is 4.73. The Hall–Kier alpha value is -2.05. The molecule has 1 aromatic heterocycles. The summed E-state index contributed by atoms with van der Waals surface area (Å²) in [6.45, 7) is 5.77. The lowest BCUT2D eigenvalue weighted by atomic mass is 10.1. The van der Waals surface area contributed by atoms with E-state index in [0.29, 0.717) is 12.5 Å². The maximum atomic E-state index is 10.3. The third-order valence-corrected chi connectivity index (χ3v) is 5.10. The summed E-state index contributed by atoms with van der Waals surface area (Å²) >= 11 is 3.47. The number of phenolic OH excluding ortho intramolecular Hbond substituents is 1. The molecule has 0 unspecified atom stereocenters. The minimum Gasteiger partial charge on any atom is -0.508 e. The number of aliphatic hydroxyl groups is 1. The molecule has 3 rings (SSSR count). The number of aromatic hydroxyl groups is 1. The van der Waals surface area contributed by atoms with Crippen LogP contribution in [0.1, 0.15) is 37.8 Å². The number of fused-ring (bicyclic) bond motifs is 1. The van der Waals surface area contributed by atoms with Gasteiger partial charge in [-0.2, -0.15) is 0 Å². The number of nitrogens with one attached hydrogen (secondary N) is 1. The van der Waals surface area contributed by atoms with Crippen LogP contribution in [0.5, 0.6) is 5.75 Å². The summed E-state index contributed by atoms with van der Waals surface area (Å²) in [7, 11) is 0. The smallest absolute Gasteiger partial charge is 0.204 e. The van der Waals surface area contributed by atoms with E-state index in [9.17, 15) is 10.2 Å². The Bertz CT molecular complexity index is 921. The van der Waals surface area contributed by atoms with E-state index in [1.807, 2.05) is 30.3 Å². The van der Waals surface area contributed by atoms with Crippen LogP contribution in [-0.4, -0.2) is 26.3 Å². The van der Waals surface area contributed by atoms with Crippen molar-refractivity contribution in [2.75, 3.05) is 11.9 Å². The third kappa shape index (κ3) is 4.82. The highest BCUT2D eigenvalue weighted by Gasteiger charge is 2.14. The van der Waals surface area contributed by atoms with Gasteiger partial charge in [-0.05, 0) is 54.7 Å². The number of halogens is 1. The fourth-order valence-corrected chi connectivity index (χ4v) is 3.53. The summed E-state index contributed by atoms with van der Waals surface area (Å²) < 4.78 is 2.98. The summed E-state index contributed by atoms with van der Waals surface area (Å²) in [6, 6.07) is 11.2. The molecule has 2 aromatic carbocycles. The van der Waals surface area contributed by atoms with Crippen molar-refractivity contribution in [3.05, 3.63) is 52.0 Å². The molecular weight excluding hydrogens is 406 g/mol. The van der Waals surface area contributed by atoms with E-state index in [2.05, 4.69) is 39.7 Å². The Balaban J connectivity index is 1.95. The molecule has 3 aromatic rings. The summed E-state index contributed by atoms with van der Waals surface area (Å²) in [5, 5.41) is 23.2. The van der Waals surface area contributed by atoms with Crippen molar-refractivity contribution in [2.24, 2.45) is 5.92 Å². The predicted octanol–water partition coefficient (Wildman–Crippen LogP) is 4.89. The molecule has 0 saturated carbocycles. The van der Waals surface area contributed by atoms with E-state index >= 15 is 0 Å². The molecule has 5 nitrogen and oxygen atoms in total. The number of aliphatic hydroxyl groups excluding tert-OH is 1. The Morgan fingerprint density at radius 3 is 2.74 bits per heavy atom. The number of aromatic nitrogens is 2. The van der Waals surface area contributed by atoms with E-state index in [1.165, 1.54) is 0 Å². The quantitative estimate of drug-likeness (QED) is 0.443. The molecule has 0 aliphatic rings. The summed E-state index contributed by atoms with van der Waals surface area (Å²) in [5.41, 5.74) is 3.46. The van der Waals surface area contributed by atoms with Crippen molar-refractivity contribution < 1.29 is 10.2 Å². The molecule has 0 atom stereocenters. The molecule has 0 fully saturated rings. The number of imidazole rings is 1. The van der Waals surface area contributed by atoms with Crippen molar-refractivity contribution >= 4 is 32.9 Å². The summed E-state index contributed by atoms with van der Waals surface area (Å²) in [6.07, 6.45) is 2.24. The Morgan fingerprint density at radius 2 is 2.00 bits per heavy atom.